The Labute approximate surface area is 128 Å². The number of carbonyl (C=O) groups excluding carboxylic acids is 2. The molecule has 0 radical (unpaired) electrons. The fourth-order valence-corrected chi connectivity index (χ4v) is 1.78. The monoisotopic (exact) mass is 314 g/mol. The van der Waals surface area contributed by atoms with Gasteiger partial charge in [-0.1, -0.05) is 6.07 Å². The summed E-state index contributed by atoms with van der Waals surface area (Å²) in [5.41, 5.74) is 0.815. The van der Waals surface area contributed by atoms with Gasteiger partial charge in [0.25, 0.3) is 0 Å². The van der Waals surface area contributed by atoms with Gasteiger partial charge in [0.05, 0.1) is 20.6 Å². The van der Waals surface area contributed by atoms with Crippen LogP contribution in [-0.4, -0.2) is 45.0 Å². The van der Waals surface area contributed by atoms with Crippen LogP contribution in [0.2, 0.25) is 0 Å². The molecule has 0 saturated heterocycles. The van der Waals surface area contributed by atoms with Crippen LogP contribution in [0.1, 0.15) is 5.56 Å². The molecule has 1 rings (SSSR count). The van der Waals surface area contributed by atoms with Crippen LogP contribution in [0.25, 0.3) is 0 Å². The second kappa shape index (κ2) is 9.07. The lowest BCUT2D eigenvalue weighted by Gasteiger charge is -2.10. The van der Waals surface area contributed by atoms with Gasteiger partial charge >= 0.3 is 0 Å². The topological polar surface area (TPSA) is 76.7 Å². The molecule has 0 atom stereocenters. The van der Waals surface area contributed by atoms with Crippen molar-refractivity contribution in [1.82, 2.24) is 10.6 Å². The number of hydrogen-bond donors (Lipinski definition) is 2. The Bertz CT molecular complexity index is 494. The van der Waals surface area contributed by atoms with Crippen molar-refractivity contribution in [2.45, 2.75) is 6.42 Å². The summed E-state index contributed by atoms with van der Waals surface area (Å²) in [5.74, 6) is 0.718. The Morgan fingerprint density at radius 1 is 1.05 bits per heavy atom. The van der Waals surface area contributed by atoms with Gasteiger partial charge in [-0.15, -0.1) is 11.6 Å². The Morgan fingerprint density at radius 2 is 1.67 bits per heavy atom. The van der Waals surface area contributed by atoms with E-state index in [9.17, 15) is 9.59 Å². The van der Waals surface area contributed by atoms with Crippen molar-refractivity contribution in [1.29, 1.82) is 0 Å². The minimum absolute atomic E-state index is 0.0837. The number of carbonyl (C=O) groups is 2. The molecule has 0 aromatic heterocycles. The van der Waals surface area contributed by atoms with E-state index in [1.54, 1.807) is 32.4 Å². The second-order valence-electron chi connectivity index (χ2n) is 4.20. The van der Waals surface area contributed by atoms with Gasteiger partial charge in [-0.3, -0.25) is 9.59 Å². The lowest BCUT2D eigenvalue weighted by Crippen LogP contribution is -2.35. The third kappa shape index (κ3) is 5.91. The summed E-state index contributed by atoms with van der Waals surface area (Å²) in [6.07, 6.45) is 0.226. The van der Waals surface area contributed by atoms with Crippen molar-refractivity contribution >= 4 is 23.4 Å². The van der Waals surface area contributed by atoms with Gasteiger partial charge in [-0.25, -0.2) is 0 Å². The molecule has 0 aliphatic carbocycles. The molecule has 0 aliphatic heterocycles. The highest BCUT2D eigenvalue weighted by atomic mass is 35.5. The number of hydrogen-bond acceptors (Lipinski definition) is 4. The van der Waals surface area contributed by atoms with Crippen molar-refractivity contribution in [3.8, 4) is 11.5 Å². The molecule has 0 bridgehead atoms. The third-order valence-corrected chi connectivity index (χ3v) is 2.95. The molecule has 116 valence electrons. The van der Waals surface area contributed by atoms with E-state index in [-0.39, 0.29) is 24.1 Å². The first-order valence-corrected chi connectivity index (χ1v) is 6.94. The van der Waals surface area contributed by atoms with E-state index >= 15 is 0 Å². The molecule has 2 N–H and O–H groups in total. The molecule has 1 aromatic carbocycles. The molecule has 7 heteroatoms. The van der Waals surface area contributed by atoms with Crippen LogP contribution in [0.3, 0.4) is 0 Å². The fraction of sp³-hybridized carbons (Fsp3) is 0.429. The maximum Gasteiger partial charge on any atom is 0.234 e. The molecule has 0 saturated carbocycles. The largest absolute Gasteiger partial charge is 0.493 e. The normalized spacial score (nSPS) is 9.86. The van der Waals surface area contributed by atoms with Gasteiger partial charge in [0.2, 0.25) is 11.8 Å². The summed E-state index contributed by atoms with van der Waals surface area (Å²) in [6.45, 7) is 0.706. The van der Waals surface area contributed by atoms with Crippen LogP contribution in [0.5, 0.6) is 11.5 Å². The maximum absolute atomic E-state index is 11.8. The molecule has 0 aliphatic rings. The number of nitrogens with one attached hydrogen (secondary N) is 2. The molecule has 21 heavy (non-hydrogen) atoms. The Balaban J connectivity index is 2.42. The lowest BCUT2D eigenvalue weighted by atomic mass is 10.1. The molecular formula is C14H19ClN2O4. The maximum atomic E-state index is 11.8. The molecule has 0 spiro atoms. The first kappa shape index (κ1) is 17.1. The Morgan fingerprint density at radius 3 is 2.24 bits per heavy atom. The summed E-state index contributed by atoms with van der Waals surface area (Å²) in [6, 6.07) is 5.31. The number of ether oxygens (including phenoxy) is 2. The zero-order chi connectivity index (χ0) is 15.7. The highest BCUT2D eigenvalue weighted by molar-refractivity contribution is 6.27. The second-order valence-corrected chi connectivity index (χ2v) is 4.47. The van der Waals surface area contributed by atoms with Crippen LogP contribution in [0, 0.1) is 0 Å². The Hall–Kier alpha value is -1.95. The molecule has 0 unspecified atom stereocenters. The zero-order valence-electron chi connectivity index (χ0n) is 12.1. The zero-order valence-corrected chi connectivity index (χ0v) is 12.8. The average Bonchev–Trinajstić information content (AvgIpc) is 2.51. The van der Waals surface area contributed by atoms with E-state index in [1.165, 1.54) is 0 Å². The van der Waals surface area contributed by atoms with Crippen LogP contribution in [0.15, 0.2) is 18.2 Å². The van der Waals surface area contributed by atoms with E-state index in [4.69, 9.17) is 21.1 Å². The van der Waals surface area contributed by atoms with Crippen molar-refractivity contribution < 1.29 is 19.1 Å². The van der Waals surface area contributed by atoms with Gasteiger partial charge in [0.15, 0.2) is 11.5 Å². The predicted molar refractivity (Wildman–Crippen MR) is 80.0 cm³/mol. The van der Waals surface area contributed by atoms with Gasteiger partial charge in [-0.2, -0.15) is 0 Å². The number of methoxy groups -OCH3 is 2. The molecule has 0 heterocycles. The SMILES string of the molecule is COc1ccc(CC(=O)NCCNC(=O)CCl)cc1OC. The minimum atomic E-state index is -0.259. The van der Waals surface area contributed by atoms with Gasteiger partial charge in [0.1, 0.15) is 5.88 Å². The number of amides is 2. The quantitative estimate of drug-likeness (QED) is 0.547. The summed E-state index contributed by atoms with van der Waals surface area (Å²) >= 11 is 5.33. The molecule has 6 nitrogen and oxygen atoms in total. The highest BCUT2D eigenvalue weighted by Crippen LogP contribution is 2.27. The standard InChI is InChI=1S/C14H19ClN2O4/c1-20-11-4-3-10(7-12(11)21-2)8-13(18)16-5-6-17-14(19)9-15/h3-4,7H,5-6,8-9H2,1-2H3,(H,16,18)(H,17,19). The van der Waals surface area contributed by atoms with E-state index < -0.39 is 0 Å². The molecule has 2 amide bonds. The minimum Gasteiger partial charge on any atom is -0.493 e. The molecular weight excluding hydrogens is 296 g/mol. The smallest absolute Gasteiger partial charge is 0.234 e. The Kier molecular flexibility index (Phi) is 7.39. The first-order chi connectivity index (χ1) is 10.1. The summed E-state index contributed by atoms with van der Waals surface area (Å²) in [5, 5.41) is 5.27. The van der Waals surface area contributed by atoms with Crippen LogP contribution >= 0.6 is 11.6 Å². The summed E-state index contributed by atoms with van der Waals surface area (Å²) in [7, 11) is 3.10. The van der Waals surface area contributed by atoms with Crippen LogP contribution in [-0.2, 0) is 16.0 Å². The van der Waals surface area contributed by atoms with Crippen LogP contribution in [0.4, 0.5) is 0 Å². The van der Waals surface area contributed by atoms with E-state index in [2.05, 4.69) is 10.6 Å². The number of benzene rings is 1. The van der Waals surface area contributed by atoms with Gasteiger partial charge in [-0.05, 0) is 17.7 Å². The molecule has 0 fully saturated rings. The predicted octanol–water partition coefficient (Wildman–Crippen LogP) is 0.717. The molecule has 1 aromatic rings. The summed E-state index contributed by atoms with van der Waals surface area (Å²) in [4.78, 5) is 22.7. The van der Waals surface area contributed by atoms with Gasteiger partial charge < -0.3 is 20.1 Å². The number of halogens is 1. The van der Waals surface area contributed by atoms with Crippen molar-refractivity contribution in [3.05, 3.63) is 23.8 Å². The van der Waals surface area contributed by atoms with Crippen molar-refractivity contribution in [2.24, 2.45) is 0 Å². The van der Waals surface area contributed by atoms with Gasteiger partial charge in [0, 0.05) is 13.1 Å². The van der Waals surface area contributed by atoms with Crippen molar-refractivity contribution in [2.75, 3.05) is 33.2 Å². The fourth-order valence-electron chi connectivity index (χ4n) is 1.69. The number of alkyl halides is 1. The third-order valence-electron chi connectivity index (χ3n) is 2.70. The lowest BCUT2D eigenvalue weighted by molar-refractivity contribution is -0.121. The average molecular weight is 315 g/mol. The van der Waals surface area contributed by atoms with E-state index in [1.807, 2.05) is 0 Å². The van der Waals surface area contributed by atoms with E-state index in [0.29, 0.717) is 24.6 Å². The van der Waals surface area contributed by atoms with Crippen molar-refractivity contribution in [3.63, 3.8) is 0 Å². The summed E-state index contributed by atoms with van der Waals surface area (Å²) < 4.78 is 10.3. The first-order valence-electron chi connectivity index (χ1n) is 6.41. The number of rotatable bonds is 8. The van der Waals surface area contributed by atoms with E-state index in [0.717, 1.165) is 5.56 Å². The highest BCUT2D eigenvalue weighted by Gasteiger charge is 2.08. The van der Waals surface area contributed by atoms with Crippen LogP contribution < -0.4 is 20.1 Å².